The van der Waals surface area contributed by atoms with E-state index in [2.05, 4.69) is 39.9 Å². The summed E-state index contributed by atoms with van der Waals surface area (Å²) in [6.07, 6.45) is 0. The third-order valence-electron chi connectivity index (χ3n) is 4.54. The second-order valence-electron chi connectivity index (χ2n) is 5.98. The molecule has 0 aliphatic carbocycles. The first-order valence-electron chi connectivity index (χ1n) is 8.03. The zero-order valence-corrected chi connectivity index (χ0v) is 16.0. The van der Waals surface area contributed by atoms with Crippen LogP contribution in [-0.4, -0.2) is 43.8 Å². The second kappa shape index (κ2) is 7.35. The largest absolute Gasteiger partial charge is 0.294 e. The number of hydrogen-bond acceptors (Lipinski definition) is 3. The highest BCUT2D eigenvalue weighted by atomic mass is 79.9. The van der Waals surface area contributed by atoms with Gasteiger partial charge in [0, 0.05) is 36.7 Å². The SMILES string of the molecule is C[C@@H](c1ccccc1)N1CCN(S(=O)(=O)c2cccc(Br)c2)CC1. The fraction of sp³-hybridized carbons (Fsp3) is 0.333. The van der Waals surface area contributed by atoms with Gasteiger partial charge in [-0.3, -0.25) is 4.90 Å². The summed E-state index contributed by atoms with van der Waals surface area (Å²) in [4.78, 5) is 2.68. The molecule has 1 fully saturated rings. The van der Waals surface area contributed by atoms with Crippen molar-refractivity contribution in [2.45, 2.75) is 17.9 Å². The monoisotopic (exact) mass is 408 g/mol. The lowest BCUT2D eigenvalue weighted by molar-refractivity contribution is 0.146. The third-order valence-corrected chi connectivity index (χ3v) is 6.92. The Morgan fingerprint density at radius 2 is 1.62 bits per heavy atom. The third kappa shape index (κ3) is 3.72. The Balaban J connectivity index is 1.69. The van der Waals surface area contributed by atoms with Crippen molar-refractivity contribution in [1.82, 2.24) is 9.21 Å². The van der Waals surface area contributed by atoms with Crippen LogP contribution in [0.4, 0.5) is 0 Å². The molecule has 0 aromatic heterocycles. The first-order chi connectivity index (χ1) is 11.5. The number of halogens is 1. The number of sulfonamides is 1. The van der Waals surface area contributed by atoms with Gasteiger partial charge in [0.05, 0.1) is 4.90 Å². The van der Waals surface area contributed by atoms with Crippen molar-refractivity contribution in [1.29, 1.82) is 0 Å². The molecule has 2 aromatic carbocycles. The average molecular weight is 409 g/mol. The van der Waals surface area contributed by atoms with Gasteiger partial charge in [0.25, 0.3) is 0 Å². The fourth-order valence-electron chi connectivity index (χ4n) is 3.05. The molecule has 0 saturated carbocycles. The molecule has 24 heavy (non-hydrogen) atoms. The Kier molecular flexibility index (Phi) is 5.39. The average Bonchev–Trinajstić information content (AvgIpc) is 2.62. The molecule has 1 saturated heterocycles. The topological polar surface area (TPSA) is 40.6 Å². The van der Waals surface area contributed by atoms with Crippen molar-refractivity contribution >= 4 is 26.0 Å². The van der Waals surface area contributed by atoms with E-state index in [0.717, 1.165) is 17.6 Å². The molecule has 128 valence electrons. The van der Waals surface area contributed by atoms with Crippen LogP contribution in [0.1, 0.15) is 18.5 Å². The van der Waals surface area contributed by atoms with Gasteiger partial charge in [0.1, 0.15) is 0 Å². The van der Waals surface area contributed by atoms with Gasteiger partial charge in [-0.05, 0) is 30.7 Å². The number of benzene rings is 2. The summed E-state index contributed by atoms with van der Waals surface area (Å²) in [7, 11) is -3.42. The Hall–Kier alpha value is -1.21. The molecule has 4 nitrogen and oxygen atoms in total. The minimum absolute atomic E-state index is 0.293. The van der Waals surface area contributed by atoms with Crippen LogP contribution < -0.4 is 0 Å². The second-order valence-corrected chi connectivity index (χ2v) is 8.84. The predicted molar refractivity (Wildman–Crippen MR) is 99.3 cm³/mol. The van der Waals surface area contributed by atoms with Crippen molar-refractivity contribution in [3.8, 4) is 0 Å². The van der Waals surface area contributed by atoms with Gasteiger partial charge in [0.2, 0.25) is 10.0 Å². The minimum atomic E-state index is -3.42. The van der Waals surface area contributed by atoms with Crippen LogP contribution in [0.15, 0.2) is 64.0 Å². The molecule has 1 heterocycles. The number of rotatable bonds is 4. The highest BCUT2D eigenvalue weighted by Gasteiger charge is 2.30. The number of hydrogen-bond donors (Lipinski definition) is 0. The normalized spacial score (nSPS) is 18.4. The first-order valence-corrected chi connectivity index (χ1v) is 10.3. The van der Waals surface area contributed by atoms with Crippen LogP contribution in [0.25, 0.3) is 0 Å². The molecule has 0 spiro atoms. The van der Waals surface area contributed by atoms with E-state index in [4.69, 9.17) is 0 Å². The molecule has 0 amide bonds. The molecule has 6 heteroatoms. The molecule has 1 aliphatic rings. The molecular weight excluding hydrogens is 388 g/mol. The lowest BCUT2D eigenvalue weighted by Crippen LogP contribution is -2.49. The van der Waals surface area contributed by atoms with E-state index in [1.807, 2.05) is 24.3 Å². The van der Waals surface area contributed by atoms with E-state index in [9.17, 15) is 8.42 Å². The maximum absolute atomic E-state index is 12.8. The van der Waals surface area contributed by atoms with Gasteiger partial charge < -0.3 is 0 Å². The zero-order chi connectivity index (χ0) is 17.2. The lowest BCUT2D eigenvalue weighted by Gasteiger charge is -2.37. The predicted octanol–water partition coefficient (Wildman–Crippen LogP) is 3.52. The van der Waals surface area contributed by atoms with Crippen molar-refractivity contribution in [3.63, 3.8) is 0 Å². The molecule has 1 atom stereocenters. The van der Waals surface area contributed by atoms with Crippen molar-refractivity contribution in [3.05, 3.63) is 64.6 Å². The Bertz CT molecular complexity index is 788. The smallest absolute Gasteiger partial charge is 0.243 e. The van der Waals surface area contributed by atoms with Crippen molar-refractivity contribution < 1.29 is 8.42 Å². The summed E-state index contributed by atoms with van der Waals surface area (Å²) >= 11 is 3.34. The van der Waals surface area contributed by atoms with Crippen LogP contribution in [0.3, 0.4) is 0 Å². The number of nitrogens with zero attached hydrogens (tertiary/aromatic N) is 2. The minimum Gasteiger partial charge on any atom is -0.294 e. The summed E-state index contributed by atoms with van der Waals surface area (Å²) in [5, 5.41) is 0. The fourth-order valence-corrected chi connectivity index (χ4v) is 5.07. The molecule has 0 N–H and O–H groups in total. The molecule has 0 unspecified atom stereocenters. The standard InChI is InChI=1S/C18H21BrN2O2S/c1-15(16-6-3-2-4-7-16)20-10-12-21(13-11-20)24(22,23)18-9-5-8-17(19)14-18/h2-9,14-15H,10-13H2,1H3/t15-/m0/s1. The van der Waals surface area contributed by atoms with Gasteiger partial charge in [-0.15, -0.1) is 0 Å². The summed E-state index contributed by atoms with van der Waals surface area (Å²) in [6, 6.07) is 17.5. The molecular formula is C18H21BrN2O2S. The Morgan fingerprint density at radius 3 is 2.25 bits per heavy atom. The van der Waals surface area contributed by atoms with Crippen LogP contribution in [0, 0.1) is 0 Å². The van der Waals surface area contributed by atoms with Crippen LogP contribution in [0.2, 0.25) is 0 Å². The van der Waals surface area contributed by atoms with E-state index < -0.39 is 10.0 Å². The highest BCUT2D eigenvalue weighted by Crippen LogP contribution is 2.25. The van der Waals surface area contributed by atoms with Gasteiger partial charge in [-0.2, -0.15) is 4.31 Å². The van der Waals surface area contributed by atoms with Crippen LogP contribution in [0.5, 0.6) is 0 Å². The van der Waals surface area contributed by atoms with Gasteiger partial charge in [-0.25, -0.2) is 8.42 Å². The molecule has 0 radical (unpaired) electrons. The van der Waals surface area contributed by atoms with Gasteiger partial charge in [0.15, 0.2) is 0 Å². The molecule has 0 bridgehead atoms. The first kappa shape index (κ1) is 17.6. The van der Waals surface area contributed by atoms with E-state index in [-0.39, 0.29) is 0 Å². The Labute approximate surface area is 152 Å². The van der Waals surface area contributed by atoms with Gasteiger partial charge >= 0.3 is 0 Å². The molecule has 3 rings (SSSR count). The number of piperazine rings is 1. The van der Waals surface area contributed by atoms with Crippen molar-refractivity contribution in [2.24, 2.45) is 0 Å². The lowest BCUT2D eigenvalue weighted by atomic mass is 10.1. The maximum Gasteiger partial charge on any atom is 0.243 e. The van der Waals surface area contributed by atoms with E-state index >= 15 is 0 Å². The summed E-state index contributed by atoms with van der Waals surface area (Å²) in [6.45, 7) is 4.69. The molecule has 2 aromatic rings. The van der Waals surface area contributed by atoms with Crippen LogP contribution >= 0.6 is 15.9 Å². The Morgan fingerprint density at radius 1 is 0.958 bits per heavy atom. The van der Waals surface area contributed by atoms with E-state index in [0.29, 0.717) is 24.0 Å². The summed E-state index contributed by atoms with van der Waals surface area (Å²) in [5.74, 6) is 0. The quantitative estimate of drug-likeness (QED) is 0.776. The van der Waals surface area contributed by atoms with E-state index in [1.54, 1.807) is 22.5 Å². The summed E-state index contributed by atoms with van der Waals surface area (Å²) < 4.78 is 27.9. The van der Waals surface area contributed by atoms with E-state index in [1.165, 1.54) is 5.56 Å². The maximum atomic E-state index is 12.8. The summed E-state index contributed by atoms with van der Waals surface area (Å²) in [5.41, 5.74) is 1.26. The van der Waals surface area contributed by atoms with Crippen LogP contribution in [-0.2, 0) is 10.0 Å². The van der Waals surface area contributed by atoms with Gasteiger partial charge in [-0.1, -0.05) is 52.3 Å². The molecule has 1 aliphatic heterocycles. The highest BCUT2D eigenvalue weighted by molar-refractivity contribution is 9.10. The van der Waals surface area contributed by atoms with Crippen molar-refractivity contribution in [2.75, 3.05) is 26.2 Å². The zero-order valence-electron chi connectivity index (χ0n) is 13.6.